The van der Waals surface area contributed by atoms with E-state index >= 15 is 0 Å². The molecule has 0 bridgehead atoms. The summed E-state index contributed by atoms with van der Waals surface area (Å²) in [7, 11) is 0. The van der Waals surface area contributed by atoms with Gasteiger partial charge in [0, 0.05) is 24.5 Å². The quantitative estimate of drug-likeness (QED) is 0.677. The molecule has 0 saturated carbocycles. The van der Waals surface area contributed by atoms with E-state index in [1.54, 1.807) is 36.4 Å². The van der Waals surface area contributed by atoms with Crippen molar-refractivity contribution in [2.75, 3.05) is 6.54 Å². The standard InChI is InChI=1S/C21H22ClN3O3/c22-16-11-9-15(10-12-16)14-23-19(26)8-2-1-5-13-25-20(27)17-6-3-4-7-18(17)24-21(25)28/h3-4,6-7,9-12,17H,1-2,5,8,13-14H2,(H,23,26). The van der Waals surface area contributed by atoms with Crippen molar-refractivity contribution < 1.29 is 14.4 Å². The molecule has 1 unspecified atom stereocenters. The molecule has 1 aliphatic heterocycles. The molecule has 28 heavy (non-hydrogen) atoms. The average Bonchev–Trinajstić information content (AvgIpc) is 2.69. The Morgan fingerprint density at radius 1 is 1.11 bits per heavy atom. The van der Waals surface area contributed by atoms with Gasteiger partial charge in [0.2, 0.25) is 11.8 Å². The van der Waals surface area contributed by atoms with Crippen molar-refractivity contribution in [3.05, 3.63) is 59.2 Å². The summed E-state index contributed by atoms with van der Waals surface area (Å²) < 4.78 is 0. The fourth-order valence-corrected chi connectivity index (χ4v) is 3.24. The maximum absolute atomic E-state index is 12.4. The minimum absolute atomic E-state index is 0.0200. The molecule has 1 heterocycles. The summed E-state index contributed by atoms with van der Waals surface area (Å²) in [4.78, 5) is 41.6. The second-order valence-corrected chi connectivity index (χ2v) is 7.18. The molecule has 3 rings (SSSR count). The predicted octanol–water partition coefficient (Wildman–Crippen LogP) is 3.66. The first kappa shape index (κ1) is 20.0. The van der Waals surface area contributed by atoms with Crippen LogP contribution in [0.3, 0.4) is 0 Å². The zero-order chi connectivity index (χ0) is 19.9. The van der Waals surface area contributed by atoms with Gasteiger partial charge in [0.25, 0.3) is 0 Å². The van der Waals surface area contributed by atoms with Crippen LogP contribution in [0.15, 0.2) is 53.6 Å². The molecule has 0 radical (unpaired) electrons. The minimum atomic E-state index is -0.503. The van der Waals surface area contributed by atoms with Gasteiger partial charge in [-0.05, 0) is 36.6 Å². The summed E-state index contributed by atoms with van der Waals surface area (Å²) in [5.41, 5.74) is 1.50. The van der Waals surface area contributed by atoms with E-state index < -0.39 is 11.9 Å². The number of carbonyl (C=O) groups is 3. The molecule has 1 atom stereocenters. The number of fused-ring (bicyclic) bond motifs is 1. The van der Waals surface area contributed by atoms with E-state index in [0.29, 0.717) is 43.1 Å². The zero-order valence-corrected chi connectivity index (χ0v) is 16.2. The summed E-state index contributed by atoms with van der Waals surface area (Å²) in [5, 5.41) is 3.54. The first-order valence-electron chi connectivity index (χ1n) is 9.34. The van der Waals surface area contributed by atoms with E-state index in [1.807, 2.05) is 12.1 Å². The molecule has 2 aliphatic rings. The van der Waals surface area contributed by atoms with Gasteiger partial charge in [-0.25, -0.2) is 4.79 Å². The summed E-state index contributed by atoms with van der Waals surface area (Å²) in [5.74, 6) is -0.703. The van der Waals surface area contributed by atoms with Gasteiger partial charge in [0.05, 0.1) is 11.6 Å². The molecular weight excluding hydrogens is 378 g/mol. The first-order valence-corrected chi connectivity index (χ1v) is 9.72. The van der Waals surface area contributed by atoms with Crippen LogP contribution in [0.5, 0.6) is 0 Å². The largest absolute Gasteiger partial charge is 0.352 e. The molecule has 1 N–H and O–H groups in total. The number of amides is 4. The molecule has 146 valence electrons. The van der Waals surface area contributed by atoms with Crippen molar-refractivity contribution in [2.45, 2.75) is 32.2 Å². The van der Waals surface area contributed by atoms with E-state index in [4.69, 9.17) is 11.6 Å². The lowest BCUT2D eigenvalue weighted by Gasteiger charge is -2.28. The van der Waals surface area contributed by atoms with E-state index in [-0.39, 0.29) is 11.8 Å². The van der Waals surface area contributed by atoms with Crippen LogP contribution < -0.4 is 5.32 Å². The van der Waals surface area contributed by atoms with Gasteiger partial charge in [0.1, 0.15) is 0 Å². The first-order chi connectivity index (χ1) is 13.5. The number of allylic oxidation sites excluding steroid dienone is 3. The number of carbonyl (C=O) groups excluding carboxylic acids is 3. The number of nitrogens with zero attached hydrogens (tertiary/aromatic N) is 2. The fourth-order valence-electron chi connectivity index (χ4n) is 3.11. The van der Waals surface area contributed by atoms with Crippen LogP contribution in [-0.2, 0) is 16.1 Å². The highest BCUT2D eigenvalue weighted by atomic mass is 35.5. The van der Waals surface area contributed by atoms with Gasteiger partial charge in [-0.2, -0.15) is 4.99 Å². The Kier molecular flexibility index (Phi) is 6.76. The van der Waals surface area contributed by atoms with Gasteiger partial charge in [-0.3, -0.25) is 14.5 Å². The van der Waals surface area contributed by atoms with Crippen molar-refractivity contribution in [3.63, 3.8) is 0 Å². The van der Waals surface area contributed by atoms with Crippen molar-refractivity contribution >= 4 is 35.2 Å². The number of urea groups is 1. The normalized spacial score (nSPS) is 18.1. The highest BCUT2D eigenvalue weighted by Gasteiger charge is 2.35. The molecule has 1 aromatic rings. The molecule has 6 nitrogen and oxygen atoms in total. The van der Waals surface area contributed by atoms with Gasteiger partial charge in [0.15, 0.2) is 0 Å². The summed E-state index contributed by atoms with van der Waals surface area (Å²) in [6.07, 6.45) is 9.52. The Morgan fingerprint density at radius 3 is 2.68 bits per heavy atom. The van der Waals surface area contributed by atoms with Crippen molar-refractivity contribution in [2.24, 2.45) is 10.9 Å². The third-order valence-electron chi connectivity index (χ3n) is 4.68. The SMILES string of the molecule is O=C(CCCCCN1C(=O)N=C2C=CC=CC2C1=O)NCc1ccc(Cl)cc1. The van der Waals surface area contributed by atoms with Gasteiger partial charge in [-0.1, -0.05) is 48.4 Å². The topological polar surface area (TPSA) is 78.8 Å². The van der Waals surface area contributed by atoms with Crippen LogP contribution in [0, 0.1) is 5.92 Å². The third-order valence-corrected chi connectivity index (χ3v) is 4.93. The molecular formula is C21H22ClN3O3. The average molecular weight is 400 g/mol. The molecule has 4 amide bonds. The molecule has 0 aromatic heterocycles. The number of hydrogen-bond acceptors (Lipinski definition) is 3. The zero-order valence-electron chi connectivity index (χ0n) is 15.4. The monoisotopic (exact) mass is 399 g/mol. The Balaban J connectivity index is 1.35. The Morgan fingerprint density at radius 2 is 1.89 bits per heavy atom. The minimum Gasteiger partial charge on any atom is -0.352 e. The number of unbranched alkanes of at least 4 members (excludes halogenated alkanes) is 2. The number of rotatable bonds is 8. The Labute approximate surface area is 169 Å². The summed E-state index contributed by atoms with van der Waals surface area (Å²) in [6.45, 7) is 0.797. The highest BCUT2D eigenvalue weighted by Crippen LogP contribution is 2.20. The van der Waals surface area contributed by atoms with Gasteiger partial charge >= 0.3 is 6.03 Å². The predicted molar refractivity (Wildman–Crippen MR) is 108 cm³/mol. The highest BCUT2D eigenvalue weighted by molar-refractivity contribution is 6.30. The van der Waals surface area contributed by atoms with Crippen LogP contribution in [0.2, 0.25) is 5.02 Å². The van der Waals surface area contributed by atoms with E-state index in [1.165, 1.54) is 4.90 Å². The molecule has 1 aliphatic carbocycles. The number of imide groups is 1. The maximum Gasteiger partial charge on any atom is 0.350 e. The smallest absolute Gasteiger partial charge is 0.350 e. The van der Waals surface area contributed by atoms with Crippen LogP contribution in [0.4, 0.5) is 4.79 Å². The number of hydrogen-bond donors (Lipinski definition) is 1. The lowest BCUT2D eigenvalue weighted by molar-refractivity contribution is -0.129. The molecule has 0 saturated heterocycles. The van der Waals surface area contributed by atoms with Crippen LogP contribution >= 0.6 is 11.6 Å². The summed E-state index contributed by atoms with van der Waals surface area (Å²) in [6, 6.07) is 6.83. The van der Waals surface area contributed by atoms with Crippen LogP contribution in [0.25, 0.3) is 0 Å². The molecule has 0 fully saturated rings. The molecule has 0 spiro atoms. The second-order valence-electron chi connectivity index (χ2n) is 6.74. The summed E-state index contributed by atoms with van der Waals surface area (Å²) >= 11 is 5.83. The van der Waals surface area contributed by atoms with Crippen molar-refractivity contribution in [3.8, 4) is 0 Å². The second kappa shape index (κ2) is 9.46. The fraction of sp³-hybridized carbons (Fsp3) is 0.333. The van der Waals surface area contributed by atoms with E-state index in [2.05, 4.69) is 10.3 Å². The lowest BCUT2D eigenvalue weighted by Crippen LogP contribution is -2.46. The van der Waals surface area contributed by atoms with Crippen molar-refractivity contribution in [1.82, 2.24) is 10.2 Å². The Bertz CT molecular complexity index is 843. The number of nitrogens with one attached hydrogen (secondary N) is 1. The number of halogens is 1. The van der Waals surface area contributed by atoms with E-state index in [9.17, 15) is 14.4 Å². The maximum atomic E-state index is 12.4. The van der Waals surface area contributed by atoms with Crippen LogP contribution in [0.1, 0.15) is 31.2 Å². The number of aliphatic imine (C=N–C) groups is 1. The van der Waals surface area contributed by atoms with E-state index in [0.717, 1.165) is 12.0 Å². The third kappa shape index (κ3) is 5.16. The molecule has 1 aromatic carbocycles. The number of benzene rings is 1. The Hall–Kier alpha value is -2.73. The van der Waals surface area contributed by atoms with Gasteiger partial charge in [-0.15, -0.1) is 0 Å². The van der Waals surface area contributed by atoms with Gasteiger partial charge < -0.3 is 5.32 Å². The van der Waals surface area contributed by atoms with Crippen LogP contribution in [-0.4, -0.2) is 35.0 Å². The lowest BCUT2D eigenvalue weighted by atomic mass is 9.95. The molecule has 7 heteroatoms. The van der Waals surface area contributed by atoms with Crippen molar-refractivity contribution in [1.29, 1.82) is 0 Å².